The number of carbonyl (C=O) groups is 2. The second-order valence-corrected chi connectivity index (χ2v) is 7.12. The smallest absolute Gasteiger partial charge is 0.255 e. The molecule has 5 nitrogen and oxygen atoms in total. The normalized spacial score (nSPS) is 10.2. The summed E-state index contributed by atoms with van der Waals surface area (Å²) in [5.41, 5.74) is 3.68. The molecule has 28 heavy (non-hydrogen) atoms. The highest BCUT2D eigenvalue weighted by Gasteiger charge is 2.10. The zero-order valence-corrected chi connectivity index (χ0v) is 16.9. The number of halogens is 1. The van der Waals surface area contributed by atoms with E-state index in [-0.39, 0.29) is 18.4 Å². The van der Waals surface area contributed by atoms with E-state index in [2.05, 4.69) is 31.9 Å². The molecule has 3 N–H and O–H groups in total. The highest BCUT2D eigenvalue weighted by molar-refractivity contribution is 9.10. The number of amides is 2. The molecule has 0 heterocycles. The summed E-state index contributed by atoms with van der Waals surface area (Å²) in [5, 5.41) is 8.88. The van der Waals surface area contributed by atoms with Crippen molar-refractivity contribution in [2.75, 3.05) is 22.5 Å². The fourth-order valence-corrected chi connectivity index (χ4v) is 2.92. The lowest BCUT2D eigenvalue weighted by Gasteiger charge is -2.14. The summed E-state index contributed by atoms with van der Waals surface area (Å²) in [6.45, 7) is 2.02. The molecule has 0 radical (unpaired) electrons. The molecule has 6 heteroatoms. The monoisotopic (exact) mass is 437 g/mol. The molecule has 3 aromatic carbocycles. The molecule has 0 aliphatic heterocycles. The Bertz CT molecular complexity index is 973. The van der Waals surface area contributed by atoms with Crippen molar-refractivity contribution in [3.05, 3.63) is 88.4 Å². The molecule has 0 aliphatic carbocycles. The van der Waals surface area contributed by atoms with Crippen LogP contribution in [0.1, 0.15) is 15.9 Å². The molecule has 0 aliphatic rings. The molecule has 3 rings (SSSR count). The van der Waals surface area contributed by atoms with Gasteiger partial charge < -0.3 is 16.0 Å². The van der Waals surface area contributed by atoms with Crippen molar-refractivity contribution in [1.82, 2.24) is 0 Å². The Morgan fingerprint density at radius 2 is 1.50 bits per heavy atom. The van der Waals surface area contributed by atoms with Gasteiger partial charge in [-0.3, -0.25) is 9.59 Å². The van der Waals surface area contributed by atoms with E-state index in [0.717, 1.165) is 21.4 Å². The Morgan fingerprint density at radius 3 is 2.21 bits per heavy atom. The van der Waals surface area contributed by atoms with Crippen LogP contribution in [-0.4, -0.2) is 18.4 Å². The van der Waals surface area contributed by atoms with Crippen molar-refractivity contribution in [3.8, 4) is 0 Å². The lowest BCUT2D eigenvalue weighted by Crippen LogP contribution is -2.22. The average Bonchev–Trinajstić information content (AvgIpc) is 2.71. The highest BCUT2D eigenvalue weighted by atomic mass is 79.9. The van der Waals surface area contributed by atoms with Crippen LogP contribution in [0.5, 0.6) is 0 Å². The van der Waals surface area contributed by atoms with Crippen LogP contribution in [0.3, 0.4) is 0 Å². The third-order valence-corrected chi connectivity index (χ3v) is 4.71. The van der Waals surface area contributed by atoms with E-state index in [1.807, 2.05) is 67.6 Å². The highest BCUT2D eigenvalue weighted by Crippen LogP contribution is 2.24. The Labute approximate surface area is 172 Å². The van der Waals surface area contributed by atoms with Crippen LogP contribution in [0.25, 0.3) is 0 Å². The minimum Gasteiger partial charge on any atom is -0.376 e. The molecule has 0 bridgehead atoms. The number of nitrogens with one attached hydrogen (secondary N) is 3. The summed E-state index contributed by atoms with van der Waals surface area (Å²) < 4.78 is 0.952. The van der Waals surface area contributed by atoms with Crippen molar-refractivity contribution in [3.63, 3.8) is 0 Å². The topological polar surface area (TPSA) is 70.2 Å². The Kier molecular flexibility index (Phi) is 6.45. The summed E-state index contributed by atoms with van der Waals surface area (Å²) in [7, 11) is 0. The SMILES string of the molecule is Cc1c(NCC(=O)Nc2ccc(Br)cc2)cccc1NC(=O)c1ccccc1. The Morgan fingerprint density at radius 1 is 0.821 bits per heavy atom. The number of rotatable bonds is 6. The number of anilines is 3. The van der Waals surface area contributed by atoms with Gasteiger partial charge in [-0.1, -0.05) is 40.2 Å². The average molecular weight is 438 g/mol. The predicted octanol–water partition coefficient (Wildman–Crippen LogP) is 5.06. The van der Waals surface area contributed by atoms with Gasteiger partial charge in [0.05, 0.1) is 6.54 Å². The van der Waals surface area contributed by atoms with Crippen LogP contribution in [0.4, 0.5) is 17.1 Å². The fraction of sp³-hybridized carbons (Fsp3) is 0.0909. The lowest BCUT2D eigenvalue weighted by atomic mass is 10.1. The second kappa shape index (κ2) is 9.19. The molecule has 3 aromatic rings. The zero-order valence-electron chi connectivity index (χ0n) is 15.3. The number of benzene rings is 3. The summed E-state index contributed by atoms with van der Waals surface area (Å²) >= 11 is 3.36. The molecular formula is C22H20BrN3O2. The Balaban J connectivity index is 1.61. The van der Waals surface area contributed by atoms with Crippen molar-refractivity contribution in [1.29, 1.82) is 0 Å². The summed E-state index contributed by atoms with van der Waals surface area (Å²) in [6.07, 6.45) is 0. The van der Waals surface area contributed by atoms with E-state index in [0.29, 0.717) is 11.3 Å². The lowest BCUT2D eigenvalue weighted by molar-refractivity contribution is -0.114. The van der Waals surface area contributed by atoms with E-state index in [1.54, 1.807) is 12.1 Å². The minimum atomic E-state index is -0.172. The van der Waals surface area contributed by atoms with Gasteiger partial charge in [-0.2, -0.15) is 0 Å². The molecule has 0 atom stereocenters. The van der Waals surface area contributed by atoms with Gasteiger partial charge in [0.15, 0.2) is 0 Å². The zero-order chi connectivity index (χ0) is 19.9. The van der Waals surface area contributed by atoms with Gasteiger partial charge in [0.25, 0.3) is 5.91 Å². The molecule has 0 fully saturated rings. The predicted molar refractivity (Wildman–Crippen MR) is 117 cm³/mol. The molecule has 142 valence electrons. The molecule has 0 saturated carbocycles. The van der Waals surface area contributed by atoms with Crippen LogP contribution in [0.15, 0.2) is 77.3 Å². The maximum Gasteiger partial charge on any atom is 0.255 e. The van der Waals surface area contributed by atoms with Crippen LogP contribution in [0, 0.1) is 6.92 Å². The number of hydrogen-bond acceptors (Lipinski definition) is 3. The summed E-state index contributed by atoms with van der Waals surface area (Å²) in [6, 6.07) is 22.0. The van der Waals surface area contributed by atoms with Gasteiger partial charge in [-0.15, -0.1) is 0 Å². The van der Waals surface area contributed by atoms with Gasteiger partial charge in [0.2, 0.25) is 5.91 Å². The molecule has 0 aromatic heterocycles. The first-order valence-electron chi connectivity index (χ1n) is 8.78. The van der Waals surface area contributed by atoms with Crippen LogP contribution in [-0.2, 0) is 4.79 Å². The molecule has 0 spiro atoms. The van der Waals surface area contributed by atoms with Crippen molar-refractivity contribution >= 4 is 44.8 Å². The van der Waals surface area contributed by atoms with Gasteiger partial charge in [-0.25, -0.2) is 0 Å². The van der Waals surface area contributed by atoms with Gasteiger partial charge in [0, 0.05) is 27.1 Å². The minimum absolute atomic E-state index is 0.118. The van der Waals surface area contributed by atoms with Gasteiger partial charge in [-0.05, 0) is 61.0 Å². The first kappa shape index (κ1) is 19.6. The van der Waals surface area contributed by atoms with Crippen molar-refractivity contribution in [2.24, 2.45) is 0 Å². The maximum atomic E-state index is 12.4. The van der Waals surface area contributed by atoms with Crippen molar-refractivity contribution < 1.29 is 9.59 Å². The quantitative estimate of drug-likeness (QED) is 0.504. The second-order valence-electron chi connectivity index (χ2n) is 6.21. The standard InChI is InChI=1S/C22H20BrN3O2/c1-15-19(24-14-21(27)25-18-12-10-17(23)11-13-18)8-5-9-20(15)26-22(28)16-6-3-2-4-7-16/h2-13,24H,14H2,1H3,(H,25,27)(H,26,28). The number of hydrogen-bond donors (Lipinski definition) is 3. The van der Waals surface area contributed by atoms with Gasteiger partial charge in [0.1, 0.15) is 0 Å². The fourth-order valence-electron chi connectivity index (χ4n) is 2.66. The van der Waals surface area contributed by atoms with Crippen LogP contribution in [0.2, 0.25) is 0 Å². The summed E-state index contributed by atoms with van der Waals surface area (Å²) in [5.74, 6) is -0.325. The largest absolute Gasteiger partial charge is 0.376 e. The molecule has 0 unspecified atom stereocenters. The molecule has 0 saturated heterocycles. The van der Waals surface area contributed by atoms with E-state index in [4.69, 9.17) is 0 Å². The third kappa shape index (κ3) is 5.20. The maximum absolute atomic E-state index is 12.4. The first-order chi connectivity index (χ1) is 13.5. The van der Waals surface area contributed by atoms with Gasteiger partial charge >= 0.3 is 0 Å². The van der Waals surface area contributed by atoms with Crippen LogP contribution < -0.4 is 16.0 Å². The van der Waals surface area contributed by atoms with E-state index in [1.165, 1.54) is 0 Å². The molecule has 2 amide bonds. The van der Waals surface area contributed by atoms with E-state index in [9.17, 15) is 9.59 Å². The Hall–Kier alpha value is -3.12. The molecular weight excluding hydrogens is 418 g/mol. The van der Waals surface area contributed by atoms with Crippen LogP contribution >= 0.6 is 15.9 Å². The van der Waals surface area contributed by atoms with E-state index < -0.39 is 0 Å². The first-order valence-corrected chi connectivity index (χ1v) is 9.57. The number of carbonyl (C=O) groups excluding carboxylic acids is 2. The summed E-state index contributed by atoms with van der Waals surface area (Å²) in [4.78, 5) is 24.5. The third-order valence-electron chi connectivity index (χ3n) is 4.19. The van der Waals surface area contributed by atoms with Crippen molar-refractivity contribution in [2.45, 2.75) is 6.92 Å². The van der Waals surface area contributed by atoms with E-state index >= 15 is 0 Å².